The number of carbonyl (C=O) groups is 2. The number of hydrogen-bond donors (Lipinski definition) is 0. The van der Waals surface area contributed by atoms with Crippen LogP contribution in [0, 0.1) is 0 Å². The molecule has 0 saturated carbocycles. The van der Waals surface area contributed by atoms with Crippen LogP contribution < -0.4 is 4.74 Å². The molecule has 0 radical (unpaired) electrons. The molecule has 3 aromatic carbocycles. The third-order valence-corrected chi connectivity index (χ3v) is 12.5. The topological polar surface area (TPSA) is 137 Å². The van der Waals surface area contributed by atoms with Crippen molar-refractivity contribution in [2.24, 2.45) is 4.99 Å². The third-order valence-electron chi connectivity index (χ3n) is 9.21. The number of halogens is 3. The maximum absolute atomic E-state index is 14.8. The number of piperazine rings is 1. The maximum Gasteiger partial charge on any atom is 0.326 e. The standard InChI is InChI=1S/C35H39Cl2N5O7S2.ClH/c1-3-49-30-22-28(51(47,48)41-16-4-5-17-41)14-15-29(30)34-38-32(24-6-10-26(36)11-7-24)33(25-8-12-27(37)13-9-25)42(34)35(44)40-19-18-39(31(43)23-40)20-21-50(2,45)46;/h6-15,22,32-33H,3-5,16-21,23H2,1-2H3;1H/t32-,33+;/m0./s1. The molecule has 2 saturated heterocycles. The highest BCUT2D eigenvalue weighted by Gasteiger charge is 2.46. The Kier molecular flexibility index (Phi) is 12.5. The second-order valence-electron chi connectivity index (χ2n) is 12.7. The van der Waals surface area contributed by atoms with Crippen LogP contribution in [-0.4, -0.2) is 111 Å². The number of ether oxygens (including phenoxy) is 1. The molecule has 52 heavy (non-hydrogen) atoms. The number of urea groups is 1. The molecule has 17 heteroatoms. The molecule has 3 aliphatic heterocycles. The molecule has 2 atom stereocenters. The Morgan fingerprint density at radius 3 is 2.08 bits per heavy atom. The highest BCUT2D eigenvalue weighted by Crippen LogP contribution is 2.46. The van der Waals surface area contributed by atoms with E-state index in [4.69, 9.17) is 32.9 Å². The van der Waals surface area contributed by atoms with Gasteiger partial charge in [0.2, 0.25) is 15.9 Å². The van der Waals surface area contributed by atoms with Gasteiger partial charge in [-0.05, 0) is 67.3 Å². The smallest absolute Gasteiger partial charge is 0.326 e. The van der Waals surface area contributed by atoms with Crippen LogP contribution in [0.15, 0.2) is 76.6 Å². The number of benzene rings is 3. The molecule has 0 spiro atoms. The number of rotatable bonds is 10. The predicted molar refractivity (Wildman–Crippen MR) is 203 cm³/mol. The van der Waals surface area contributed by atoms with Gasteiger partial charge in [-0.15, -0.1) is 12.4 Å². The molecule has 3 aromatic rings. The summed E-state index contributed by atoms with van der Waals surface area (Å²) in [5.74, 6) is -0.0801. The molecule has 3 aliphatic rings. The molecular formula is C35H40Cl3N5O7S2. The van der Waals surface area contributed by atoms with Crippen LogP contribution in [-0.2, 0) is 24.7 Å². The van der Waals surface area contributed by atoms with Crippen LogP contribution in [0.1, 0.15) is 48.5 Å². The van der Waals surface area contributed by atoms with Gasteiger partial charge in [-0.25, -0.2) is 21.6 Å². The van der Waals surface area contributed by atoms with Crippen molar-refractivity contribution in [1.82, 2.24) is 19.0 Å². The minimum Gasteiger partial charge on any atom is -0.493 e. The summed E-state index contributed by atoms with van der Waals surface area (Å²) >= 11 is 12.6. The van der Waals surface area contributed by atoms with Crippen LogP contribution in [0.2, 0.25) is 10.0 Å². The van der Waals surface area contributed by atoms with E-state index in [1.54, 1.807) is 37.3 Å². The van der Waals surface area contributed by atoms with Crippen LogP contribution in [0.4, 0.5) is 4.79 Å². The van der Waals surface area contributed by atoms with E-state index >= 15 is 0 Å². The Hall–Kier alpha value is -3.40. The molecule has 0 aromatic heterocycles. The molecule has 6 rings (SSSR count). The SMILES string of the molecule is CCOc1cc(S(=O)(=O)N2CCCC2)ccc1C1=N[C@@H](c2ccc(Cl)cc2)[C@@H](c2ccc(Cl)cc2)N1C(=O)N1CCN(CCS(C)(=O)=O)C(=O)C1.Cl. The Morgan fingerprint density at radius 2 is 1.50 bits per heavy atom. The molecule has 0 unspecified atom stereocenters. The van der Waals surface area contributed by atoms with Gasteiger partial charge in [0.15, 0.2) is 0 Å². The Balaban J connectivity index is 0.00000523. The van der Waals surface area contributed by atoms with E-state index in [2.05, 4.69) is 0 Å². The quantitative estimate of drug-likeness (QED) is 0.266. The number of amides is 3. The number of nitrogens with zero attached hydrogens (tertiary/aromatic N) is 5. The van der Waals surface area contributed by atoms with Gasteiger partial charge in [0, 0.05) is 55.1 Å². The van der Waals surface area contributed by atoms with E-state index < -0.39 is 38.0 Å². The van der Waals surface area contributed by atoms with Crippen LogP contribution >= 0.6 is 35.6 Å². The minimum absolute atomic E-state index is 0. The van der Waals surface area contributed by atoms with Gasteiger partial charge in [-0.3, -0.25) is 14.7 Å². The second-order valence-corrected chi connectivity index (χ2v) is 17.8. The van der Waals surface area contributed by atoms with Crippen molar-refractivity contribution in [1.29, 1.82) is 0 Å². The molecule has 0 bridgehead atoms. The van der Waals surface area contributed by atoms with Crippen molar-refractivity contribution < 1.29 is 31.2 Å². The minimum atomic E-state index is -3.79. The molecule has 0 N–H and O–H groups in total. The lowest BCUT2D eigenvalue weighted by Gasteiger charge is -2.38. The molecular weight excluding hydrogens is 773 g/mol. The summed E-state index contributed by atoms with van der Waals surface area (Å²) in [6, 6.07) is 17.0. The summed E-state index contributed by atoms with van der Waals surface area (Å²) in [7, 11) is -7.09. The summed E-state index contributed by atoms with van der Waals surface area (Å²) in [5, 5.41) is 1.03. The molecule has 3 heterocycles. The van der Waals surface area contributed by atoms with Crippen molar-refractivity contribution in [3.8, 4) is 5.75 Å². The van der Waals surface area contributed by atoms with E-state index in [0.717, 1.165) is 30.2 Å². The largest absolute Gasteiger partial charge is 0.493 e. The van der Waals surface area contributed by atoms with Gasteiger partial charge in [0.1, 0.15) is 34.0 Å². The van der Waals surface area contributed by atoms with Gasteiger partial charge in [0.25, 0.3) is 0 Å². The number of sulfonamides is 1. The number of amidine groups is 1. The molecule has 12 nitrogen and oxygen atoms in total. The predicted octanol–water partition coefficient (Wildman–Crippen LogP) is 5.45. The zero-order chi connectivity index (χ0) is 36.5. The van der Waals surface area contributed by atoms with E-state index in [1.807, 2.05) is 24.3 Å². The lowest BCUT2D eigenvalue weighted by molar-refractivity contribution is -0.134. The van der Waals surface area contributed by atoms with Gasteiger partial charge in [-0.2, -0.15) is 4.31 Å². The average Bonchev–Trinajstić information content (AvgIpc) is 3.78. The van der Waals surface area contributed by atoms with Crippen molar-refractivity contribution in [3.63, 3.8) is 0 Å². The fraction of sp³-hybridized carbons (Fsp3) is 0.400. The van der Waals surface area contributed by atoms with Crippen LogP contribution in [0.3, 0.4) is 0 Å². The van der Waals surface area contributed by atoms with E-state index in [0.29, 0.717) is 28.7 Å². The fourth-order valence-electron chi connectivity index (χ4n) is 6.59. The summed E-state index contributed by atoms with van der Waals surface area (Å²) in [6.07, 6.45) is 2.69. The lowest BCUT2D eigenvalue weighted by atomic mass is 9.93. The van der Waals surface area contributed by atoms with E-state index in [9.17, 15) is 26.4 Å². The summed E-state index contributed by atoms with van der Waals surface area (Å²) < 4.78 is 58.2. The number of carbonyl (C=O) groups excluding carboxylic acids is 2. The fourth-order valence-corrected chi connectivity index (χ4v) is 8.93. The summed E-state index contributed by atoms with van der Waals surface area (Å²) in [4.78, 5) is 37.7. The Morgan fingerprint density at radius 1 is 0.885 bits per heavy atom. The normalized spacial score (nSPS) is 19.8. The van der Waals surface area contributed by atoms with Gasteiger partial charge in [-0.1, -0.05) is 47.5 Å². The zero-order valence-corrected chi connectivity index (χ0v) is 32.6. The second kappa shape index (κ2) is 16.3. The Bertz CT molecular complexity index is 2040. The molecule has 3 amide bonds. The van der Waals surface area contributed by atoms with Crippen LogP contribution in [0.25, 0.3) is 0 Å². The van der Waals surface area contributed by atoms with E-state index in [-0.39, 0.29) is 73.3 Å². The first-order valence-electron chi connectivity index (χ1n) is 16.7. The van der Waals surface area contributed by atoms with Crippen LogP contribution in [0.5, 0.6) is 5.75 Å². The van der Waals surface area contributed by atoms with Crippen molar-refractivity contribution in [2.45, 2.75) is 36.7 Å². The lowest BCUT2D eigenvalue weighted by Crippen LogP contribution is -2.57. The van der Waals surface area contributed by atoms with E-state index in [1.165, 1.54) is 31.1 Å². The first-order valence-corrected chi connectivity index (χ1v) is 20.9. The number of sulfone groups is 1. The van der Waals surface area contributed by atoms with Crippen molar-refractivity contribution in [3.05, 3.63) is 93.5 Å². The van der Waals surface area contributed by atoms with Gasteiger partial charge < -0.3 is 14.5 Å². The maximum atomic E-state index is 14.8. The number of aliphatic imine (C=N–C) groups is 1. The van der Waals surface area contributed by atoms with Crippen molar-refractivity contribution >= 4 is 73.2 Å². The summed E-state index contributed by atoms with van der Waals surface area (Å²) in [5.41, 5.74) is 1.88. The summed E-state index contributed by atoms with van der Waals surface area (Å²) in [6.45, 7) is 2.95. The van der Waals surface area contributed by atoms with Gasteiger partial charge >= 0.3 is 6.03 Å². The molecule has 280 valence electrons. The first-order chi connectivity index (χ1) is 24.3. The molecule has 2 fully saturated rings. The Labute approximate surface area is 320 Å². The highest BCUT2D eigenvalue weighted by atomic mass is 35.5. The molecule has 0 aliphatic carbocycles. The monoisotopic (exact) mass is 811 g/mol. The zero-order valence-electron chi connectivity index (χ0n) is 28.7. The number of hydrogen-bond acceptors (Lipinski definition) is 8. The van der Waals surface area contributed by atoms with Crippen molar-refractivity contribution in [2.75, 3.05) is 57.9 Å². The average molecular weight is 813 g/mol. The first kappa shape index (κ1) is 39.8. The third kappa shape index (κ3) is 8.53. The van der Waals surface area contributed by atoms with Gasteiger partial charge in [0.05, 0.1) is 28.9 Å². The highest BCUT2D eigenvalue weighted by molar-refractivity contribution is 7.90.